The lowest BCUT2D eigenvalue weighted by atomic mass is 10.2. The van der Waals surface area contributed by atoms with Gasteiger partial charge in [0.05, 0.1) is 12.8 Å². The molecule has 0 aliphatic carbocycles. The first-order valence-corrected chi connectivity index (χ1v) is 7.56. The van der Waals surface area contributed by atoms with Gasteiger partial charge in [-0.15, -0.1) is 10.2 Å². The Morgan fingerprint density at radius 3 is 2.58 bits per heavy atom. The predicted molar refractivity (Wildman–Crippen MR) is 92.6 cm³/mol. The molecule has 26 heavy (non-hydrogen) atoms. The molecule has 3 aromatic rings. The third-order valence-electron chi connectivity index (χ3n) is 3.42. The number of ether oxygens (including phenoxy) is 1. The van der Waals surface area contributed by atoms with Crippen molar-refractivity contribution in [3.05, 3.63) is 71.9 Å². The highest BCUT2D eigenvalue weighted by Gasteiger charge is 2.10. The van der Waals surface area contributed by atoms with Gasteiger partial charge in [-0.2, -0.15) is 0 Å². The third-order valence-corrected chi connectivity index (χ3v) is 3.42. The molecule has 0 saturated heterocycles. The van der Waals surface area contributed by atoms with Crippen LogP contribution in [0.3, 0.4) is 0 Å². The van der Waals surface area contributed by atoms with E-state index in [4.69, 9.17) is 4.74 Å². The van der Waals surface area contributed by atoms with Gasteiger partial charge in [0.15, 0.2) is 11.5 Å². The zero-order valence-corrected chi connectivity index (χ0v) is 13.7. The number of carbonyl (C=O) groups is 1. The van der Waals surface area contributed by atoms with E-state index in [9.17, 15) is 13.6 Å². The minimum Gasteiger partial charge on any atom is -0.497 e. The highest BCUT2D eigenvalue weighted by molar-refractivity contribution is 6.02. The quantitative estimate of drug-likeness (QED) is 0.728. The Kier molecular flexibility index (Phi) is 5.02. The number of nitrogens with one attached hydrogen (secondary N) is 2. The number of hydrogen-bond acceptors (Lipinski definition) is 5. The number of nitrogens with zero attached hydrogens (tertiary/aromatic N) is 2. The van der Waals surface area contributed by atoms with Crippen LogP contribution in [0.4, 0.5) is 26.0 Å². The maximum atomic E-state index is 13.6. The summed E-state index contributed by atoms with van der Waals surface area (Å²) in [5.74, 6) is -1.07. The third kappa shape index (κ3) is 4.10. The van der Waals surface area contributed by atoms with Crippen LogP contribution in [0.25, 0.3) is 0 Å². The van der Waals surface area contributed by atoms with Crippen molar-refractivity contribution in [2.45, 2.75) is 0 Å². The van der Waals surface area contributed by atoms with Gasteiger partial charge in [-0.25, -0.2) is 8.78 Å². The maximum absolute atomic E-state index is 13.6. The molecule has 0 spiro atoms. The normalized spacial score (nSPS) is 10.3. The fourth-order valence-electron chi connectivity index (χ4n) is 2.14. The number of methoxy groups -OCH3 is 1. The second-order valence-electron chi connectivity index (χ2n) is 5.24. The van der Waals surface area contributed by atoms with E-state index in [1.807, 2.05) is 0 Å². The smallest absolute Gasteiger partial charge is 0.276 e. The number of aromatic nitrogens is 2. The van der Waals surface area contributed by atoms with Crippen LogP contribution in [0.1, 0.15) is 10.5 Å². The summed E-state index contributed by atoms with van der Waals surface area (Å²) in [5.41, 5.74) is 0.680. The molecule has 3 rings (SSSR count). The van der Waals surface area contributed by atoms with Crippen LogP contribution in [-0.2, 0) is 0 Å². The number of hydrogen-bond donors (Lipinski definition) is 2. The molecule has 2 aromatic carbocycles. The molecule has 1 heterocycles. The van der Waals surface area contributed by atoms with Crippen molar-refractivity contribution < 1.29 is 18.3 Å². The lowest BCUT2D eigenvalue weighted by Gasteiger charge is -2.08. The zero-order chi connectivity index (χ0) is 18.5. The van der Waals surface area contributed by atoms with E-state index in [2.05, 4.69) is 20.8 Å². The van der Waals surface area contributed by atoms with Crippen LogP contribution in [0.5, 0.6) is 5.75 Å². The van der Waals surface area contributed by atoms with Gasteiger partial charge >= 0.3 is 0 Å². The summed E-state index contributed by atoms with van der Waals surface area (Å²) in [6.07, 6.45) is 0. The van der Waals surface area contributed by atoms with Crippen LogP contribution in [0.2, 0.25) is 0 Å². The monoisotopic (exact) mass is 356 g/mol. The van der Waals surface area contributed by atoms with Gasteiger partial charge in [0.2, 0.25) is 0 Å². The Morgan fingerprint density at radius 1 is 1.04 bits per heavy atom. The largest absolute Gasteiger partial charge is 0.497 e. The van der Waals surface area contributed by atoms with Gasteiger partial charge < -0.3 is 15.4 Å². The molecule has 1 aromatic heterocycles. The van der Waals surface area contributed by atoms with Gasteiger partial charge in [-0.1, -0.05) is 6.07 Å². The Labute approximate surface area is 147 Å². The molecular weight excluding hydrogens is 342 g/mol. The fraction of sp³-hybridized carbons (Fsp3) is 0.0556. The van der Waals surface area contributed by atoms with Crippen molar-refractivity contribution >= 4 is 23.1 Å². The summed E-state index contributed by atoms with van der Waals surface area (Å²) in [7, 11) is 1.53. The molecule has 8 heteroatoms. The molecule has 1 amide bonds. The van der Waals surface area contributed by atoms with E-state index in [1.54, 1.807) is 24.3 Å². The number of rotatable bonds is 5. The highest BCUT2D eigenvalue weighted by Crippen LogP contribution is 2.20. The first-order chi connectivity index (χ1) is 12.5. The summed E-state index contributed by atoms with van der Waals surface area (Å²) < 4.78 is 31.6. The van der Waals surface area contributed by atoms with Crippen molar-refractivity contribution in [1.29, 1.82) is 0 Å². The van der Waals surface area contributed by atoms with E-state index < -0.39 is 17.5 Å². The molecule has 0 aliphatic heterocycles. The highest BCUT2D eigenvalue weighted by atomic mass is 19.1. The van der Waals surface area contributed by atoms with Crippen molar-refractivity contribution in [2.24, 2.45) is 0 Å². The Hall–Kier alpha value is -3.55. The minimum atomic E-state index is -0.758. The van der Waals surface area contributed by atoms with Crippen molar-refractivity contribution in [3.63, 3.8) is 0 Å². The Bertz CT molecular complexity index is 933. The number of benzene rings is 2. The summed E-state index contributed by atoms with van der Waals surface area (Å²) in [5, 5.41) is 13.0. The Balaban J connectivity index is 1.69. The average molecular weight is 356 g/mol. The van der Waals surface area contributed by atoms with Crippen molar-refractivity contribution in [1.82, 2.24) is 10.2 Å². The summed E-state index contributed by atoms with van der Waals surface area (Å²) in [6, 6.07) is 12.9. The topological polar surface area (TPSA) is 76.1 Å². The predicted octanol–water partition coefficient (Wildman–Crippen LogP) is 3.76. The zero-order valence-electron chi connectivity index (χ0n) is 13.7. The maximum Gasteiger partial charge on any atom is 0.276 e. The molecule has 0 bridgehead atoms. The number of anilines is 3. The lowest BCUT2D eigenvalue weighted by molar-refractivity contribution is 0.102. The van der Waals surface area contributed by atoms with Gasteiger partial charge in [-0.3, -0.25) is 4.79 Å². The van der Waals surface area contributed by atoms with Gasteiger partial charge in [0, 0.05) is 17.8 Å². The number of halogens is 2. The van der Waals surface area contributed by atoms with Crippen molar-refractivity contribution in [3.8, 4) is 5.75 Å². The molecular formula is C18H14F2N4O2. The molecule has 0 radical (unpaired) electrons. The fourth-order valence-corrected chi connectivity index (χ4v) is 2.14. The molecule has 2 N–H and O–H groups in total. The second kappa shape index (κ2) is 7.56. The molecule has 6 nitrogen and oxygen atoms in total. The van der Waals surface area contributed by atoms with E-state index in [0.29, 0.717) is 11.4 Å². The molecule has 0 fully saturated rings. The van der Waals surface area contributed by atoms with E-state index in [1.165, 1.54) is 25.3 Å². The van der Waals surface area contributed by atoms with Gasteiger partial charge in [-0.05, 0) is 36.4 Å². The van der Waals surface area contributed by atoms with E-state index in [0.717, 1.165) is 12.1 Å². The standard InChI is InChI=1S/C18H14F2N4O2/c1-26-13-4-2-3-12(10-13)21-18(25)16-7-8-17(24-23-16)22-15-6-5-11(19)9-14(15)20/h2-10H,1H3,(H,21,25)(H,22,24). The summed E-state index contributed by atoms with van der Waals surface area (Å²) in [6.45, 7) is 0. The van der Waals surface area contributed by atoms with Crippen LogP contribution in [-0.4, -0.2) is 23.2 Å². The number of amides is 1. The van der Waals surface area contributed by atoms with Crippen LogP contribution in [0.15, 0.2) is 54.6 Å². The van der Waals surface area contributed by atoms with Gasteiger partial charge in [0.25, 0.3) is 5.91 Å². The summed E-state index contributed by atoms with van der Waals surface area (Å²) in [4.78, 5) is 12.2. The van der Waals surface area contributed by atoms with Gasteiger partial charge in [0.1, 0.15) is 17.4 Å². The average Bonchev–Trinajstić information content (AvgIpc) is 2.64. The molecule has 0 unspecified atom stereocenters. The lowest BCUT2D eigenvalue weighted by Crippen LogP contribution is -2.14. The molecule has 0 aliphatic rings. The minimum absolute atomic E-state index is 0.0503. The van der Waals surface area contributed by atoms with E-state index >= 15 is 0 Å². The van der Waals surface area contributed by atoms with E-state index in [-0.39, 0.29) is 17.2 Å². The Morgan fingerprint density at radius 2 is 1.88 bits per heavy atom. The molecule has 0 saturated carbocycles. The molecule has 132 valence electrons. The first-order valence-electron chi connectivity index (χ1n) is 7.56. The van der Waals surface area contributed by atoms with Crippen molar-refractivity contribution in [2.75, 3.05) is 17.7 Å². The summed E-state index contributed by atoms with van der Waals surface area (Å²) >= 11 is 0. The second-order valence-corrected chi connectivity index (χ2v) is 5.24. The van der Waals surface area contributed by atoms with Crippen LogP contribution >= 0.6 is 0 Å². The number of carbonyl (C=O) groups excluding carboxylic acids is 1. The van der Waals surface area contributed by atoms with Crippen LogP contribution in [0, 0.1) is 11.6 Å². The first kappa shape index (κ1) is 17.3. The SMILES string of the molecule is COc1cccc(NC(=O)c2ccc(Nc3ccc(F)cc3F)nn2)c1. The molecule has 0 atom stereocenters. The van der Waals surface area contributed by atoms with Crippen LogP contribution < -0.4 is 15.4 Å².